The first kappa shape index (κ1) is 13.8. The molecule has 2 aliphatic rings. The Morgan fingerprint density at radius 2 is 2.06 bits per heavy atom. The van der Waals surface area contributed by atoms with Crippen LogP contribution in [0.1, 0.15) is 38.5 Å². The molecule has 2 saturated heterocycles. The quantitative estimate of drug-likeness (QED) is 0.778. The maximum atomic E-state index is 11.8. The molecule has 0 radical (unpaired) electrons. The van der Waals surface area contributed by atoms with E-state index in [1.54, 1.807) is 0 Å². The third kappa shape index (κ3) is 4.94. The zero-order valence-corrected chi connectivity index (χ0v) is 11.2. The predicted molar refractivity (Wildman–Crippen MR) is 71.4 cm³/mol. The minimum Gasteiger partial charge on any atom is -0.381 e. The minimum absolute atomic E-state index is 0.232. The Labute approximate surface area is 110 Å². The molecule has 2 fully saturated rings. The number of amides is 1. The van der Waals surface area contributed by atoms with Crippen molar-refractivity contribution in [1.82, 2.24) is 10.6 Å². The van der Waals surface area contributed by atoms with Gasteiger partial charge in [0, 0.05) is 26.2 Å². The number of carbonyl (C=O) groups is 1. The van der Waals surface area contributed by atoms with Gasteiger partial charge in [-0.3, -0.25) is 4.79 Å². The van der Waals surface area contributed by atoms with Crippen molar-refractivity contribution in [2.24, 2.45) is 11.8 Å². The highest BCUT2D eigenvalue weighted by Gasteiger charge is 2.17. The summed E-state index contributed by atoms with van der Waals surface area (Å²) in [5.41, 5.74) is 0. The van der Waals surface area contributed by atoms with Crippen molar-refractivity contribution in [1.29, 1.82) is 0 Å². The first-order chi connectivity index (χ1) is 8.84. The van der Waals surface area contributed by atoms with Crippen LogP contribution in [-0.2, 0) is 9.53 Å². The highest BCUT2D eigenvalue weighted by Crippen LogP contribution is 2.18. The van der Waals surface area contributed by atoms with Crippen LogP contribution in [0.15, 0.2) is 0 Å². The van der Waals surface area contributed by atoms with Gasteiger partial charge in [-0.1, -0.05) is 0 Å². The maximum Gasteiger partial charge on any atom is 0.220 e. The van der Waals surface area contributed by atoms with Crippen LogP contribution in [-0.4, -0.2) is 38.8 Å². The number of nitrogens with one attached hydrogen (secondary N) is 2. The molecule has 1 unspecified atom stereocenters. The van der Waals surface area contributed by atoms with Crippen molar-refractivity contribution in [3.05, 3.63) is 0 Å². The molecule has 2 N–H and O–H groups in total. The third-order valence-corrected chi connectivity index (χ3v) is 4.09. The molecule has 2 rings (SSSR count). The van der Waals surface area contributed by atoms with Crippen molar-refractivity contribution in [3.63, 3.8) is 0 Å². The second-order valence-corrected chi connectivity index (χ2v) is 5.61. The van der Waals surface area contributed by atoms with Crippen molar-refractivity contribution in [3.8, 4) is 0 Å². The number of hydrogen-bond acceptors (Lipinski definition) is 3. The zero-order valence-electron chi connectivity index (χ0n) is 11.2. The lowest BCUT2D eigenvalue weighted by Gasteiger charge is -2.23. The second-order valence-electron chi connectivity index (χ2n) is 5.61. The van der Waals surface area contributed by atoms with E-state index in [1.165, 1.54) is 12.8 Å². The number of rotatable bonds is 5. The van der Waals surface area contributed by atoms with Crippen LogP contribution in [0.3, 0.4) is 0 Å². The van der Waals surface area contributed by atoms with Gasteiger partial charge in [0.25, 0.3) is 0 Å². The molecule has 4 heteroatoms. The molecule has 0 aromatic carbocycles. The lowest BCUT2D eigenvalue weighted by atomic mass is 9.95. The van der Waals surface area contributed by atoms with Crippen LogP contribution < -0.4 is 10.6 Å². The van der Waals surface area contributed by atoms with Gasteiger partial charge in [-0.05, 0) is 57.0 Å². The number of carbonyl (C=O) groups excluding carboxylic acids is 1. The summed E-state index contributed by atoms with van der Waals surface area (Å²) in [6.45, 7) is 4.75. The first-order valence-electron chi connectivity index (χ1n) is 7.40. The second kappa shape index (κ2) is 7.74. The van der Waals surface area contributed by atoms with Crippen LogP contribution in [0, 0.1) is 11.8 Å². The summed E-state index contributed by atoms with van der Waals surface area (Å²) >= 11 is 0. The minimum atomic E-state index is 0.232. The van der Waals surface area contributed by atoms with Gasteiger partial charge in [-0.2, -0.15) is 0 Å². The Hall–Kier alpha value is -0.610. The molecular formula is C14H26N2O2. The van der Waals surface area contributed by atoms with Crippen LogP contribution in [0.5, 0.6) is 0 Å². The lowest BCUT2D eigenvalue weighted by Crippen LogP contribution is -2.35. The molecule has 0 bridgehead atoms. The molecule has 1 amide bonds. The van der Waals surface area contributed by atoms with Crippen LogP contribution >= 0.6 is 0 Å². The average molecular weight is 254 g/mol. The molecule has 18 heavy (non-hydrogen) atoms. The molecule has 0 aliphatic carbocycles. The van der Waals surface area contributed by atoms with E-state index in [0.717, 1.165) is 58.0 Å². The molecule has 4 nitrogen and oxygen atoms in total. The third-order valence-electron chi connectivity index (χ3n) is 4.09. The zero-order chi connectivity index (χ0) is 12.6. The van der Waals surface area contributed by atoms with Gasteiger partial charge < -0.3 is 15.4 Å². The fourth-order valence-corrected chi connectivity index (χ4v) is 2.88. The monoisotopic (exact) mass is 254 g/mol. The molecule has 0 aromatic heterocycles. The molecule has 0 aromatic rings. The van der Waals surface area contributed by atoms with E-state index in [1.807, 2.05) is 0 Å². The van der Waals surface area contributed by atoms with Crippen LogP contribution in [0.25, 0.3) is 0 Å². The van der Waals surface area contributed by atoms with Crippen LogP contribution in [0.4, 0.5) is 0 Å². The van der Waals surface area contributed by atoms with Crippen LogP contribution in [0.2, 0.25) is 0 Å². The van der Waals surface area contributed by atoms with Gasteiger partial charge in [0.2, 0.25) is 5.91 Å². The summed E-state index contributed by atoms with van der Waals surface area (Å²) in [4.78, 5) is 11.8. The topological polar surface area (TPSA) is 50.4 Å². The summed E-state index contributed by atoms with van der Waals surface area (Å²) in [7, 11) is 0. The highest BCUT2D eigenvalue weighted by atomic mass is 16.5. The maximum absolute atomic E-state index is 11.8. The Bertz CT molecular complexity index is 246. The van der Waals surface area contributed by atoms with Crippen molar-refractivity contribution >= 4 is 5.91 Å². The lowest BCUT2D eigenvalue weighted by molar-refractivity contribution is -0.122. The summed E-state index contributed by atoms with van der Waals surface area (Å²) < 4.78 is 5.33. The SMILES string of the molecule is O=C(CC1CCCNC1)NCCC1CCOCC1. The number of hydrogen-bond donors (Lipinski definition) is 2. The van der Waals surface area contributed by atoms with E-state index in [-0.39, 0.29) is 5.91 Å². The Kier molecular flexibility index (Phi) is 5.94. The van der Waals surface area contributed by atoms with E-state index < -0.39 is 0 Å². The normalized spacial score (nSPS) is 25.9. The predicted octanol–water partition coefficient (Wildman–Crippen LogP) is 1.31. The largest absolute Gasteiger partial charge is 0.381 e. The number of ether oxygens (including phenoxy) is 1. The van der Waals surface area contributed by atoms with Gasteiger partial charge >= 0.3 is 0 Å². The summed E-state index contributed by atoms with van der Waals surface area (Å²) in [6.07, 6.45) is 6.52. The van der Waals surface area contributed by atoms with Gasteiger partial charge in [0.1, 0.15) is 0 Å². The Balaban J connectivity index is 1.53. The van der Waals surface area contributed by atoms with E-state index in [9.17, 15) is 4.79 Å². The van der Waals surface area contributed by atoms with Crippen molar-refractivity contribution < 1.29 is 9.53 Å². The van der Waals surface area contributed by atoms with Gasteiger partial charge in [0.15, 0.2) is 0 Å². The fraction of sp³-hybridized carbons (Fsp3) is 0.929. The molecule has 104 valence electrons. The van der Waals surface area contributed by atoms with Gasteiger partial charge in [-0.25, -0.2) is 0 Å². The van der Waals surface area contributed by atoms with E-state index in [0.29, 0.717) is 12.3 Å². The average Bonchev–Trinajstić information content (AvgIpc) is 2.41. The van der Waals surface area contributed by atoms with E-state index in [2.05, 4.69) is 10.6 Å². The van der Waals surface area contributed by atoms with Gasteiger partial charge in [0.05, 0.1) is 0 Å². The molecule has 1 atom stereocenters. The Morgan fingerprint density at radius 3 is 2.78 bits per heavy atom. The van der Waals surface area contributed by atoms with Gasteiger partial charge in [-0.15, -0.1) is 0 Å². The van der Waals surface area contributed by atoms with E-state index in [4.69, 9.17) is 4.74 Å². The van der Waals surface area contributed by atoms with E-state index >= 15 is 0 Å². The Morgan fingerprint density at radius 1 is 1.22 bits per heavy atom. The van der Waals surface area contributed by atoms with Crippen molar-refractivity contribution in [2.75, 3.05) is 32.8 Å². The summed E-state index contributed by atoms with van der Waals surface area (Å²) in [6, 6.07) is 0. The first-order valence-corrected chi connectivity index (χ1v) is 7.40. The summed E-state index contributed by atoms with van der Waals surface area (Å²) in [5.74, 6) is 1.52. The molecular weight excluding hydrogens is 228 g/mol. The molecule has 2 heterocycles. The molecule has 0 saturated carbocycles. The van der Waals surface area contributed by atoms with Crippen molar-refractivity contribution in [2.45, 2.75) is 38.5 Å². The standard InChI is InChI=1S/C14H26N2O2/c17-14(10-13-2-1-6-15-11-13)16-7-3-12-4-8-18-9-5-12/h12-13,15H,1-11H2,(H,16,17). The number of piperidine rings is 1. The highest BCUT2D eigenvalue weighted by molar-refractivity contribution is 5.76. The fourth-order valence-electron chi connectivity index (χ4n) is 2.88. The summed E-state index contributed by atoms with van der Waals surface area (Å²) in [5, 5.41) is 6.42. The molecule has 0 spiro atoms. The molecule has 2 aliphatic heterocycles. The smallest absolute Gasteiger partial charge is 0.220 e.